The molecule has 21 heavy (non-hydrogen) atoms. The Hall–Kier alpha value is -1.54. The van der Waals surface area contributed by atoms with Gasteiger partial charge in [0.05, 0.1) is 11.8 Å². The SMILES string of the molecule is CC(=O)NC1=NC(C)(c2ccc(NS(C)(=O)=O)cc2)CS1. The van der Waals surface area contributed by atoms with Crippen LogP contribution in [0.15, 0.2) is 29.3 Å². The predicted molar refractivity (Wildman–Crippen MR) is 86.0 cm³/mol. The number of rotatable bonds is 3. The van der Waals surface area contributed by atoms with Crippen LogP contribution in [0.3, 0.4) is 0 Å². The summed E-state index contributed by atoms with van der Waals surface area (Å²) in [6.07, 6.45) is 1.11. The molecule has 0 fully saturated rings. The quantitative estimate of drug-likeness (QED) is 0.881. The second-order valence-corrected chi connectivity index (χ2v) is 7.82. The summed E-state index contributed by atoms with van der Waals surface area (Å²) in [5.74, 6) is 0.583. The Labute approximate surface area is 128 Å². The second kappa shape index (κ2) is 5.69. The zero-order valence-corrected chi connectivity index (χ0v) is 13.6. The summed E-state index contributed by atoms with van der Waals surface area (Å²) < 4.78 is 24.8. The number of nitrogens with zero attached hydrogens (tertiary/aromatic N) is 1. The van der Waals surface area contributed by atoms with Gasteiger partial charge in [0.25, 0.3) is 0 Å². The molecule has 1 heterocycles. The number of sulfonamides is 1. The number of hydrogen-bond donors (Lipinski definition) is 2. The summed E-state index contributed by atoms with van der Waals surface area (Å²) >= 11 is 1.49. The summed E-state index contributed by atoms with van der Waals surface area (Å²) in [5, 5.41) is 3.31. The zero-order valence-electron chi connectivity index (χ0n) is 12.0. The normalized spacial score (nSPS) is 21.8. The van der Waals surface area contributed by atoms with E-state index in [1.807, 2.05) is 19.1 Å². The third kappa shape index (κ3) is 4.21. The number of nitrogens with one attached hydrogen (secondary N) is 2. The Bertz CT molecular complexity index is 683. The van der Waals surface area contributed by atoms with Gasteiger partial charge in [-0.15, -0.1) is 0 Å². The number of amides is 1. The van der Waals surface area contributed by atoms with Gasteiger partial charge in [0, 0.05) is 18.4 Å². The highest BCUT2D eigenvalue weighted by Gasteiger charge is 2.32. The molecule has 0 aliphatic carbocycles. The molecule has 6 nitrogen and oxygen atoms in total. The van der Waals surface area contributed by atoms with Gasteiger partial charge in [0.1, 0.15) is 0 Å². The van der Waals surface area contributed by atoms with Crippen LogP contribution >= 0.6 is 11.8 Å². The van der Waals surface area contributed by atoms with E-state index in [2.05, 4.69) is 15.0 Å². The van der Waals surface area contributed by atoms with E-state index in [-0.39, 0.29) is 5.91 Å². The molecule has 1 amide bonds. The maximum absolute atomic E-state index is 11.2. The average Bonchev–Trinajstić information content (AvgIpc) is 2.70. The molecular formula is C13H17N3O3S2. The van der Waals surface area contributed by atoms with Crippen molar-refractivity contribution in [2.75, 3.05) is 16.7 Å². The van der Waals surface area contributed by atoms with Gasteiger partial charge in [0.15, 0.2) is 5.17 Å². The van der Waals surface area contributed by atoms with Crippen LogP contribution < -0.4 is 10.0 Å². The molecule has 2 N–H and O–H groups in total. The van der Waals surface area contributed by atoms with E-state index in [1.54, 1.807) is 12.1 Å². The summed E-state index contributed by atoms with van der Waals surface area (Å²) in [6.45, 7) is 3.43. The third-order valence-corrected chi connectivity index (χ3v) is 4.71. The smallest absolute Gasteiger partial charge is 0.229 e. The second-order valence-electron chi connectivity index (χ2n) is 5.11. The lowest BCUT2D eigenvalue weighted by Gasteiger charge is -2.20. The van der Waals surface area contributed by atoms with Crippen molar-refractivity contribution < 1.29 is 13.2 Å². The van der Waals surface area contributed by atoms with Crippen LogP contribution in [0.2, 0.25) is 0 Å². The molecule has 1 aromatic carbocycles. The Balaban J connectivity index is 2.19. The van der Waals surface area contributed by atoms with Crippen molar-refractivity contribution >= 4 is 38.5 Å². The first-order valence-electron chi connectivity index (χ1n) is 6.26. The molecule has 0 aromatic heterocycles. The van der Waals surface area contributed by atoms with Crippen LogP contribution in [0.5, 0.6) is 0 Å². The number of carbonyl (C=O) groups excluding carboxylic acids is 1. The van der Waals surface area contributed by atoms with Crippen LogP contribution in [0.4, 0.5) is 5.69 Å². The average molecular weight is 327 g/mol. The van der Waals surface area contributed by atoms with Crippen molar-refractivity contribution in [1.82, 2.24) is 5.32 Å². The maximum Gasteiger partial charge on any atom is 0.229 e. The van der Waals surface area contributed by atoms with Gasteiger partial charge >= 0.3 is 0 Å². The van der Waals surface area contributed by atoms with E-state index in [4.69, 9.17) is 0 Å². The zero-order chi connectivity index (χ0) is 15.7. The molecule has 1 aromatic rings. The van der Waals surface area contributed by atoms with Crippen LogP contribution in [0.25, 0.3) is 0 Å². The van der Waals surface area contributed by atoms with Gasteiger partial charge in [0.2, 0.25) is 15.9 Å². The van der Waals surface area contributed by atoms with Crippen molar-refractivity contribution in [3.63, 3.8) is 0 Å². The predicted octanol–water partition coefficient (Wildman–Crippen LogP) is 1.51. The molecule has 114 valence electrons. The summed E-state index contributed by atoms with van der Waals surface area (Å²) in [6, 6.07) is 7.10. The highest BCUT2D eigenvalue weighted by atomic mass is 32.2. The molecule has 0 bridgehead atoms. The monoisotopic (exact) mass is 327 g/mol. The van der Waals surface area contributed by atoms with E-state index in [9.17, 15) is 13.2 Å². The van der Waals surface area contributed by atoms with E-state index in [0.717, 1.165) is 17.6 Å². The van der Waals surface area contributed by atoms with Crippen LogP contribution in [0.1, 0.15) is 19.4 Å². The standard InChI is InChI=1S/C13H17N3O3S2/c1-9(17)14-12-15-13(2,8-20-12)10-4-6-11(7-5-10)16-21(3,18)19/h4-7,16H,8H2,1-3H3,(H,14,15,17). The van der Waals surface area contributed by atoms with E-state index >= 15 is 0 Å². The van der Waals surface area contributed by atoms with Crippen LogP contribution in [-0.4, -0.2) is 31.5 Å². The number of anilines is 1. The number of hydrogen-bond acceptors (Lipinski definition) is 5. The minimum Gasteiger partial charge on any atom is -0.306 e. The van der Waals surface area contributed by atoms with Crippen LogP contribution in [-0.2, 0) is 20.4 Å². The van der Waals surface area contributed by atoms with Crippen molar-refractivity contribution in [1.29, 1.82) is 0 Å². The van der Waals surface area contributed by atoms with E-state index in [0.29, 0.717) is 10.9 Å². The number of thioether (sulfide) groups is 1. The first-order valence-corrected chi connectivity index (χ1v) is 9.14. The van der Waals surface area contributed by atoms with Gasteiger partial charge < -0.3 is 5.32 Å². The van der Waals surface area contributed by atoms with Crippen molar-refractivity contribution in [2.24, 2.45) is 4.99 Å². The molecule has 1 aliphatic heterocycles. The van der Waals surface area contributed by atoms with Gasteiger partial charge in [-0.05, 0) is 24.6 Å². The van der Waals surface area contributed by atoms with Crippen molar-refractivity contribution in [3.05, 3.63) is 29.8 Å². The number of amidine groups is 1. The fourth-order valence-corrected chi connectivity index (χ4v) is 3.67. The molecular weight excluding hydrogens is 310 g/mol. The van der Waals surface area contributed by atoms with Crippen molar-refractivity contribution in [2.45, 2.75) is 19.4 Å². The molecule has 0 radical (unpaired) electrons. The summed E-state index contributed by atoms with van der Waals surface area (Å²) in [4.78, 5) is 15.6. The topological polar surface area (TPSA) is 87.6 Å². The highest BCUT2D eigenvalue weighted by molar-refractivity contribution is 8.14. The number of benzene rings is 1. The fourth-order valence-electron chi connectivity index (χ4n) is 1.97. The molecule has 1 atom stereocenters. The van der Waals surface area contributed by atoms with Gasteiger partial charge in [-0.25, -0.2) is 8.42 Å². The lowest BCUT2D eigenvalue weighted by molar-refractivity contribution is -0.117. The first-order chi connectivity index (χ1) is 9.68. The Kier molecular flexibility index (Phi) is 4.29. The highest BCUT2D eigenvalue weighted by Crippen LogP contribution is 2.36. The van der Waals surface area contributed by atoms with Gasteiger partial charge in [-0.1, -0.05) is 23.9 Å². The Morgan fingerprint density at radius 2 is 1.95 bits per heavy atom. The largest absolute Gasteiger partial charge is 0.306 e. The van der Waals surface area contributed by atoms with Crippen molar-refractivity contribution in [3.8, 4) is 0 Å². The van der Waals surface area contributed by atoms with E-state index in [1.165, 1.54) is 18.7 Å². The molecule has 2 rings (SSSR count). The van der Waals surface area contributed by atoms with Gasteiger partial charge in [-0.2, -0.15) is 0 Å². The van der Waals surface area contributed by atoms with E-state index < -0.39 is 15.6 Å². The van der Waals surface area contributed by atoms with Crippen LogP contribution in [0, 0.1) is 0 Å². The number of carbonyl (C=O) groups is 1. The van der Waals surface area contributed by atoms with Gasteiger partial charge in [-0.3, -0.25) is 14.5 Å². The lowest BCUT2D eigenvalue weighted by atomic mass is 9.95. The minimum atomic E-state index is -3.28. The molecule has 0 spiro atoms. The summed E-state index contributed by atoms with van der Waals surface area (Å²) in [7, 11) is -3.28. The number of aliphatic imine (C=N–C) groups is 1. The molecule has 0 saturated carbocycles. The Morgan fingerprint density at radius 1 is 1.33 bits per heavy atom. The molecule has 8 heteroatoms. The lowest BCUT2D eigenvalue weighted by Crippen LogP contribution is -2.24. The molecule has 1 unspecified atom stereocenters. The third-order valence-electron chi connectivity index (χ3n) is 2.93. The maximum atomic E-state index is 11.2. The molecule has 1 aliphatic rings. The first kappa shape index (κ1) is 15.8. The summed E-state index contributed by atoms with van der Waals surface area (Å²) in [5.41, 5.74) is 1.06. The Morgan fingerprint density at radius 3 is 2.48 bits per heavy atom. The fraction of sp³-hybridized carbons (Fsp3) is 0.385. The minimum absolute atomic E-state index is 0.141. The molecule has 0 saturated heterocycles.